The minimum Gasteiger partial charge on any atom is -0.331 e. The number of hydrogen-bond donors (Lipinski definition) is 0. The van der Waals surface area contributed by atoms with Crippen molar-refractivity contribution in [1.82, 2.24) is 4.90 Å². The van der Waals surface area contributed by atoms with Gasteiger partial charge in [0.15, 0.2) is 0 Å². The van der Waals surface area contributed by atoms with E-state index in [2.05, 4.69) is 12.1 Å². The van der Waals surface area contributed by atoms with Gasteiger partial charge in [-0.2, -0.15) is 10.5 Å². The van der Waals surface area contributed by atoms with Crippen molar-refractivity contribution in [3.8, 4) is 12.1 Å². The van der Waals surface area contributed by atoms with Gasteiger partial charge >= 0.3 is 0 Å². The van der Waals surface area contributed by atoms with E-state index in [1.54, 1.807) is 35.2 Å². The van der Waals surface area contributed by atoms with Gasteiger partial charge in [-0.1, -0.05) is 36.4 Å². The molecule has 122 valence electrons. The number of rotatable bonds is 2. The van der Waals surface area contributed by atoms with Crippen molar-refractivity contribution in [3.05, 3.63) is 76.4 Å². The summed E-state index contributed by atoms with van der Waals surface area (Å²) in [6, 6.07) is 18.9. The molecule has 1 heterocycles. The van der Waals surface area contributed by atoms with Crippen LogP contribution in [0.4, 0.5) is 0 Å². The Balaban J connectivity index is 1.87. The maximum atomic E-state index is 12.9. The van der Waals surface area contributed by atoms with Gasteiger partial charge in [0.2, 0.25) is 0 Å². The molecule has 2 aromatic carbocycles. The van der Waals surface area contributed by atoms with Crippen molar-refractivity contribution in [2.45, 2.75) is 19.4 Å². The summed E-state index contributed by atoms with van der Waals surface area (Å²) >= 11 is 0. The number of fused-ring (bicyclic) bond motifs is 1. The van der Waals surface area contributed by atoms with Crippen LogP contribution in [-0.4, -0.2) is 17.4 Å². The molecule has 1 unspecified atom stereocenters. The normalized spacial score (nSPS) is 16.5. The zero-order chi connectivity index (χ0) is 17.8. The van der Waals surface area contributed by atoms with E-state index in [-0.39, 0.29) is 17.5 Å². The summed E-state index contributed by atoms with van der Waals surface area (Å²) in [4.78, 5) is 14.6. The first-order valence-electron chi connectivity index (χ1n) is 8.15. The van der Waals surface area contributed by atoms with Crippen molar-refractivity contribution in [2.24, 2.45) is 0 Å². The molecule has 1 amide bonds. The van der Waals surface area contributed by atoms with Crippen molar-refractivity contribution in [1.29, 1.82) is 10.5 Å². The van der Waals surface area contributed by atoms with Crippen LogP contribution in [0, 0.1) is 22.7 Å². The highest BCUT2D eigenvalue weighted by Crippen LogP contribution is 2.30. The number of carbonyl (C=O) groups is 1. The van der Waals surface area contributed by atoms with E-state index in [1.165, 1.54) is 5.56 Å². The van der Waals surface area contributed by atoms with E-state index >= 15 is 0 Å². The Morgan fingerprint density at radius 2 is 1.88 bits per heavy atom. The summed E-state index contributed by atoms with van der Waals surface area (Å²) in [6.45, 7) is 2.59. The first-order valence-corrected chi connectivity index (χ1v) is 8.15. The lowest BCUT2D eigenvalue weighted by Crippen LogP contribution is -2.39. The van der Waals surface area contributed by atoms with Gasteiger partial charge in [-0.15, -0.1) is 0 Å². The topological polar surface area (TPSA) is 67.9 Å². The molecule has 1 atom stereocenters. The molecule has 2 aromatic rings. The third-order valence-electron chi connectivity index (χ3n) is 4.56. The van der Waals surface area contributed by atoms with Crippen LogP contribution < -0.4 is 0 Å². The van der Waals surface area contributed by atoms with Crippen molar-refractivity contribution in [3.63, 3.8) is 0 Å². The van der Waals surface area contributed by atoms with Gasteiger partial charge in [0.05, 0.1) is 17.7 Å². The summed E-state index contributed by atoms with van der Waals surface area (Å²) in [5, 5.41) is 18.3. The second-order valence-corrected chi connectivity index (χ2v) is 6.03. The van der Waals surface area contributed by atoms with E-state index in [0.29, 0.717) is 12.1 Å². The van der Waals surface area contributed by atoms with Crippen LogP contribution >= 0.6 is 0 Å². The Morgan fingerprint density at radius 3 is 2.56 bits per heavy atom. The third kappa shape index (κ3) is 3.29. The van der Waals surface area contributed by atoms with E-state index in [0.717, 1.165) is 17.5 Å². The van der Waals surface area contributed by atoms with Crippen LogP contribution in [0.15, 0.2) is 54.1 Å². The molecule has 0 N–H and O–H groups in total. The molecule has 1 aliphatic heterocycles. The highest BCUT2D eigenvalue weighted by atomic mass is 16.2. The second kappa shape index (κ2) is 7.03. The number of carbonyl (C=O) groups excluding carboxylic acids is 1. The van der Waals surface area contributed by atoms with E-state index in [1.807, 2.05) is 31.2 Å². The minimum absolute atomic E-state index is 0.0600. The Morgan fingerprint density at radius 1 is 1.16 bits per heavy atom. The lowest BCUT2D eigenvalue weighted by atomic mass is 9.93. The first kappa shape index (κ1) is 16.5. The number of benzene rings is 2. The highest BCUT2D eigenvalue weighted by molar-refractivity contribution is 6.02. The quantitative estimate of drug-likeness (QED) is 0.625. The summed E-state index contributed by atoms with van der Waals surface area (Å²) in [5.41, 5.74) is 3.78. The van der Waals surface area contributed by atoms with Crippen molar-refractivity contribution >= 4 is 12.0 Å². The Bertz CT molecular complexity index is 913. The number of nitrogens with zero attached hydrogens (tertiary/aromatic N) is 3. The van der Waals surface area contributed by atoms with Gasteiger partial charge in [-0.25, -0.2) is 0 Å². The molecule has 0 aromatic heterocycles. The van der Waals surface area contributed by atoms with Gasteiger partial charge in [0, 0.05) is 6.54 Å². The monoisotopic (exact) mass is 327 g/mol. The van der Waals surface area contributed by atoms with Crippen LogP contribution in [0.25, 0.3) is 6.08 Å². The molecule has 0 saturated heterocycles. The van der Waals surface area contributed by atoms with Gasteiger partial charge < -0.3 is 4.90 Å². The Kier molecular flexibility index (Phi) is 4.64. The zero-order valence-electron chi connectivity index (χ0n) is 13.9. The molecule has 0 bridgehead atoms. The summed E-state index contributed by atoms with van der Waals surface area (Å²) in [7, 11) is 0. The zero-order valence-corrected chi connectivity index (χ0v) is 13.9. The molecule has 0 saturated carbocycles. The fourth-order valence-corrected chi connectivity index (χ4v) is 3.17. The van der Waals surface area contributed by atoms with E-state index in [4.69, 9.17) is 5.26 Å². The molecule has 25 heavy (non-hydrogen) atoms. The lowest BCUT2D eigenvalue weighted by Gasteiger charge is -2.35. The smallest absolute Gasteiger partial charge is 0.265 e. The maximum absolute atomic E-state index is 12.9. The summed E-state index contributed by atoms with van der Waals surface area (Å²) in [5.74, 6) is -0.256. The molecule has 0 fully saturated rings. The Hall–Kier alpha value is -3.37. The number of amides is 1. The fourth-order valence-electron chi connectivity index (χ4n) is 3.17. The second-order valence-electron chi connectivity index (χ2n) is 6.03. The molecular formula is C21H17N3O. The standard InChI is InChI=1S/C21H17N3O/c1-15-20-5-3-2-4-18(20)10-11-24(15)21(25)19(14-23)12-16-6-8-17(13-22)9-7-16/h2-9,12,15H,10-11H2,1H3/b19-12+. The molecule has 0 aliphatic carbocycles. The predicted octanol–water partition coefficient (Wildman–Crippen LogP) is 3.61. The van der Waals surface area contributed by atoms with Gasteiger partial charge in [0.25, 0.3) is 5.91 Å². The van der Waals surface area contributed by atoms with Crippen molar-refractivity contribution < 1.29 is 4.79 Å². The third-order valence-corrected chi connectivity index (χ3v) is 4.56. The van der Waals surface area contributed by atoms with Crippen LogP contribution in [0.1, 0.15) is 35.2 Å². The molecule has 3 rings (SSSR count). The summed E-state index contributed by atoms with van der Waals surface area (Å²) in [6.07, 6.45) is 2.37. The lowest BCUT2D eigenvalue weighted by molar-refractivity contribution is -0.129. The van der Waals surface area contributed by atoms with Crippen LogP contribution in [0.5, 0.6) is 0 Å². The predicted molar refractivity (Wildman–Crippen MR) is 95.0 cm³/mol. The molecule has 4 heteroatoms. The first-order chi connectivity index (χ1) is 12.1. The fraction of sp³-hybridized carbons (Fsp3) is 0.190. The summed E-state index contributed by atoms with van der Waals surface area (Å²) < 4.78 is 0. The Labute approximate surface area is 147 Å². The van der Waals surface area contributed by atoms with Gasteiger partial charge in [0.1, 0.15) is 11.6 Å². The maximum Gasteiger partial charge on any atom is 0.265 e. The van der Waals surface area contributed by atoms with Crippen LogP contribution in [0.3, 0.4) is 0 Å². The van der Waals surface area contributed by atoms with E-state index in [9.17, 15) is 10.1 Å². The molecule has 0 spiro atoms. The van der Waals surface area contributed by atoms with Crippen molar-refractivity contribution in [2.75, 3.05) is 6.54 Å². The SMILES string of the molecule is CC1c2ccccc2CCN1C(=O)/C(C#N)=C/c1ccc(C#N)cc1. The molecule has 0 radical (unpaired) electrons. The van der Waals surface area contributed by atoms with Crippen LogP contribution in [0.2, 0.25) is 0 Å². The van der Waals surface area contributed by atoms with Crippen LogP contribution in [-0.2, 0) is 11.2 Å². The average molecular weight is 327 g/mol. The molecule has 1 aliphatic rings. The molecular weight excluding hydrogens is 310 g/mol. The number of nitriles is 2. The van der Waals surface area contributed by atoms with Gasteiger partial charge in [-0.05, 0) is 48.2 Å². The largest absolute Gasteiger partial charge is 0.331 e. The highest BCUT2D eigenvalue weighted by Gasteiger charge is 2.29. The average Bonchev–Trinajstić information content (AvgIpc) is 2.66. The minimum atomic E-state index is -0.256. The van der Waals surface area contributed by atoms with Gasteiger partial charge in [-0.3, -0.25) is 4.79 Å². The van der Waals surface area contributed by atoms with E-state index < -0.39 is 0 Å². The number of hydrogen-bond acceptors (Lipinski definition) is 3. The molecule has 4 nitrogen and oxygen atoms in total.